The van der Waals surface area contributed by atoms with E-state index in [1.54, 1.807) is 11.8 Å². The minimum absolute atomic E-state index is 0.0822. The first-order valence-corrected chi connectivity index (χ1v) is 8.52. The molecule has 0 unspecified atom stereocenters. The molecular weight excluding hydrogens is 272 g/mol. The van der Waals surface area contributed by atoms with Crippen LogP contribution < -0.4 is 10.2 Å². The van der Waals surface area contributed by atoms with Gasteiger partial charge in [0.15, 0.2) is 0 Å². The van der Waals surface area contributed by atoms with Crippen LogP contribution in [0, 0.1) is 5.92 Å². The predicted octanol–water partition coefficient (Wildman–Crippen LogP) is 1.50. The van der Waals surface area contributed by atoms with Crippen molar-refractivity contribution in [2.24, 2.45) is 13.0 Å². The van der Waals surface area contributed by atoms with Gasteiger partial charge in [0.2, 0.25) is 5.91 Å². The molecule has 6 heteroatoms. The third-order valence-electron chi connectivity index (χ3n) is 3.69. The van der Waals surface area contributed by atoms with Crippen LogP contribution in [0.3, 0.4) is 0 Å². The monoisotopic (exact) mass is 296 g/mol. The predicted molar refractivity (Wildman–Crippen MR) is 84.1 cm³/mol. The number of hydrogen-bond donors (Lipinski definition) is 1. The van der Waals surface area contributed by atoms with Gasteiger partial charge in [-0.25, -0.2) is 0 Å². The molecule has 1 aromatic rings. The highest BCUT2D eigenvalue weighted by Crippen LogP contribution is 2.19. The summed E-state index contributed by atoms with van der Waals surface area (Å²) in [5.74, 6) is 1.14. The minimum Gasteiger partial charge on any atom is -0.367 e. The normalized spacial score (nSPS) is 20.8. The van der Waals surface area contributed by atoms with Crippen molar-refractivity contribution in [3.63, 3.8) is 0 Å². The van der Waals surface area contributed by atoms with Gasteiger partial charge in [0.1, 0.15) is 0 Å². The highest BCUT2D eigenvalue weighted by molar-refractivity contribution is 7.98. The Kier molecular flexibility index (Phi) is 5.34. The lowest BCUT2D eigenvalue weighted by Crippen LogP contribution is -2.49. The van der Waals surface area contributed by atoms with Gasteiger partial charge in [-0.1, -0.05) is 6.92 Å². The highest BCUT2D eigenvalue weighted by atomic mass is 32.2. The topological polar surface area (TPSA) is 50.2 Å². The number of carbonyl (C=O) groups excluding carboxylic acids is 1. The number of piperidine rings is 1. The van der Waals surface area contributed by atoms with Gasteiger partial charge in [0.25, 0.3) is 0 Å². The summed E-state index contributed by atoms with van der Waals surface area (Å²) in [6.45, 7) is 3.91. The lowest BCUT2D eigenvalue weighted by atomic mass is 10.0. The molecule has 112 valence electrons. The first kappa shape index (κ1) is 15.2. The number of thioether (sulfide) groups is 1. The van der Waals surface area contributed by atoms with Crippen LogP contribution in [0.2, 0.25) is 0 Å². The smallest absolute Gasteiger partial charge is 0.223 e. The summed E-state index contributed by atoms with van der Waals surface area (Å²) in [6.07, 6.45) is 8.13. The maximum absolute atomic E-state index is 12.1. The van der Waals surface area contributed by atoms with E-state index in [-0.39, 0.29) is 17.9 Å². The van der Waals surface area contributed by atoms with Crippen molar-refractivity contribution in [3.8, 4) is 0 Å². The maximum Gasteiger partial charge on any atom is 0.223 e. The lowest BCUT2D eigenvalue weighted by Gasteiger charge is -2.34. The number of hydrogen-bond acceptors (Lipinski definition) is 4. The molecule has 2 rings (SSSR count). The van der Waals surface area contributed by atoms with E-state index in [0.29, 0.717) is 0 Å². The zero-order chi connectivity index (χ0) is 14.5. The number of carbonyl (C=O) groups is 1. The Bertz CT molecular complexity index is 448. The van der Waals surface area contributed by atoms with Crippen LogP contribution in [0.5, 0.6) is 0 Å². The Morgan fingerprint density at radius 1 is 1.65 bits per heavy atom. The first-order valence-electron chi connectivity index (χ1n) is 7.13. The number of aromatic nitrogens is 2. The number of rotatable bonds is 5. The second-order valence-corrected chi connectivity index (χ2v) is 6.43. The molecule has 0 aliphatic carbocycles. The Hall–Kier alpha value is -1.17. The summed E-state index contributed by atoms with van der Waals surface area (Å²) in [6, 6.07) is 0.251. The summed E-state index contributed by atoms with van der Waals surface area (Å²) < 4.78 is 1.82. The molecule has 1 fully saturated rings. The van der Waals surface area contributed by atoms with E-state index in [9.17, 15) is 4.79 Å². The van der Waals surface area contributed by atoms with Crippen LogP contribution in [-0.4, -0.2) is 46.8 Å². The maximum atomic E-state index is 12.1. The Morgan fingerprint density at radius 2 is 2.45 bits per heavy atom. The van der Waals surface area contributed by atoms with Gasteiger partial charge in [-0.3, -0.25) is 9.48 Å². The van der Waals surface area contributed by atoms with Crippen LogP contribution in [0.15, 0.2) is 12.4 Å². The third-order valence-corrected chi connectivity index (χ3v) is 4.52. The molecular formula is C14H24N4OS. The van der Waals surface area contributed by atoms with E-state index >= 15 is 0 Å². The quantitative estimate of drug-likeness (QED) is 0.895. The molecule has 2 atom stereocenters. The molecule has 1 aromatic heterocycles. The molecule has 0 aromatic carbocycles. The molecule has 1 aliphatic rings. The summed E-state index contributed by atoms with van der Waals surface area (Å²) in [7, 11) is 1.93. The van der Waals surface area contributed by atoms with Crippen LogP contribution in [0.1, 0.15) is 19.8 Å². The molecule has 0 saturated carbocycles. The summed E-state index contributed by atoms with van der Waals surface area (Å²) in [4.78, 5) is 14.4. The molecule has 2 heterocycles. The van der Waals surface area contributed by atoms with Crippen molar-refractivity contribution in [2.45, 2.75) is 25.8 Å². The fourth-order valence-corrected chi connectivity index (χ4v) is 3.22. The number of nitrogens with zero attached hydrogens (tertiary/aromatic N) is 3. The summed E-state index contributed by atoms with van der Waals surface area (Å²) in [5.41, 5.74) is 1.14. The van der Waals surface area contributed by atoms with Gasteiger partial charge in [-0.15, -0.1) is 0 Å². The van der Waals surface area contributed by atoms with E-state index in [2.05, 4.69) is 15.3 Å². The van der Waals surface area contributed by atoms with E-state index in [0.717, 1.165) is 37.4 Å². The van der Waals surface area contributed by atoms with Gasteiger partial charge in [0, 0.05) is 44.0 Å². The minimum atomic E-state index is 0.0822. The van der Waals surface area contributed by atoms with Crippen molar-refractivity contribution in [2.75, 3.05) is 30.0 Å². The molecule has 1 N–H and O–H groups in total. The van der Waals surface area contributed by atoms with Crippen molar-refractivity contribution >= 4 is 23.4 Å². The van der Waals surface area contributed by atoms with E-state index in [1.165, 1.54) is 0 Å². The molecule has 1 amide bonds. The SMILES string of the molecule is CSC[C@H](C)C(=O)N[C@H]1CCCN(c2cnn(C)c2)C1. The molecule has 20 heavy (non-hydrogen) atoms. The van der Waals surface area contributed by atoms with Gasteiger partial charge in [-0.05, 0) is 19.1 Å². The van der Waals surface area contributed by atoms with Gasteiger partial charge in [-0.2, -0.15) is 16.9 Å². The van der Waals surface area contributed by atoms with Crippen LogP contribution in [0.25, 0.3) is 0 Å². The summed E-state index contributed by atoms with van der Waals surface area (Å²) >= 11 is 1.72. The molecule has 0 spiro atoms. The van der Waals surface area contributed by atoms with E-state index in [1.807, 2.05) is 37.3 Å². The molecule has 1 aliphatic heterocycles. The zero-order valence-electron chi connectivity index (χ0n) is 12.5. The molecule has 0 radical (unpaired) electrons. The second-order valence-electron chi connectivity index (χ2n) is 5.52. The standard InChI is InChI=1S/C14H24N4OS/c1-11(10-20-3)14(19)16-12-5-4-6-18(8-12)13-7-15-17(2)9-13/h7,9,11-12H,4-6,8,10H2,1-3H3,(H,16,19)/t11-,12-/m0/s1. The highest BCUT2D eigenvalue weighted by Gasteiger charge is 2.23. The fourth-order valence-electron chi connectivity index (χ4n) is 2.57. The second kappa shape index (κ2) is 7.02. The Balaban J connectivity index is 1.89. The number of nitrogens with one attached hydrogen (secondary N) is 1. The Morgan fingerprint density at radius 3 is 3.10 bits per heavy atom. The van der Waals surface area contributed by atoms with Gasteiger partial charge in [0.05, 0.1) is 11.9 Å². The lowest BCUT2D eigenvalue weighted by molar-refractivity contribution is -0.124. The van der Waals surface area contributed by atoms with E-state index in [4.69, 9.17) is 0 Å². The van der Waals surface area contributed by atoms with Gasteiger partial charge < -0.3 is 10.2 Å². The fraction of sp³-hybridized carbons (Fsp3) is 0.714. The average Bonchev–Trinajstić information content (AvgIpc) is 2.86. The summed E-state index contributed by atoms with van der Waals surface area (Å²) in [5, 5.41) is 7.40. The Labute approximate surface area is 125 Å². The number of aryl methyl sites for hydroxylation is 1. The van der Waals surface area contributed by atoms with E-state index < -0.39 is 0 Å². The van der Waals surface area contributed by atoms with Crippen LogP contribution in [0.4, 0.5) is 5.69 Å². The average molecular weight is 296 g/mol. The van der Waals surface area contributed by atoms with Crippen LogP contribution >= 0.6 is 11.8 Å². The van der Waals surface area contributed by atoms with Gasteiger partial charge >= 0.3 is 0 Å². The number of amides is 1. The first-order chi connectivity index (χ1) is 9.60. The van der Waals surface area contributed by atoms with Crippen molar-refractivity contribution < 1.29 is 4.79 Å². The van der Waals surface area contributed by atoms with Crippen molar-refractivity contribution in [1.82, 2.24) is 15.1 Å². The van der Waals surface area contributed by atoms with Crippen LogP contribution in [-0.2, 0) is 11.8 Å². The van der Waals surface area contributed by atoms with Crippen molar-refractivity contribution in [1.29, 1.82) is 0 Å². The zero-order valence-corrected chi connectivity index (χ0v) is 13.3. The largest absolute Gasteiger partial charge is 0.367 e. The molecule has 0 bridgehead atoms. The third kappa shape index (κ3) is 3.91. The molecule has 1 saturated heterocycles. The molecule has 5 nitrogen and oxygen atoms in total. The van der Waals surface area contributed by atoms with Crippen molar-refractivity contribution in [3.05, 3.63) is 12.4 Å². The number of anilines is 1.